The van der Waals surface area contributed by atoms with Crippen LogP contribution in [0.25, 0.3) is 0 Å². The zero-order valence-electron chi connectivity index (χ0n) is 9.00. The van der Waals surface area contributed by atoms with Crippen LogP contribution in [0.5, 0.6) is 0 Å². The highest BCUT2D eigenvalue weighted by atomic mass is 32.2. The highest BCUT2D eigenvalue weighted by Gasteiger charge is 2.09. The van der Waals surface area contributed by atoms with Gasteiger partial charge in [-0.05, 0) is 30.5 Å². The molecular formula is C11H16FNOS. The summed E-state index contributed by atoms with van der Waals surface area (Å²) >= 11 is 0. The normalized spacial score (nSPS) is 13.1. The van der Waals surface area contributed by atoms with Crippen molar-refractivity contribution in [3.63, 3.8) is 0 Å². The summed E-state index contributed by atoms with van der Waals surface area (Å²) in [5, 5.41) is 0. The molecule has 0 aliphatic rings. The van der Waals surface area contributed by atoms with Crippen molar-refractivity contribution in [3.8, 4) is 0 Å². The molecule has 84 valence electrons. The van der Waals surface area contributed by atoms with Gasteiger partial charge in [0.2, 0.25) is 0 Å². The van der Waals surface area contributed by atoms with E-state index in [-0.39, 0.29) is 0 Å². The third kappa shape index (κ3) is 3.63. The monoisotopic (exact) mass is 229 g/mol. The number of anilines is 1. The first kappa shape index (κ1) is 12.2. The van der Waals surface area contributed by atoms with Gasteiger partial charge in [0.05, 0.1) is 15.7 Å². The summed E-state index contributed by atoms with van der Waals surface area (Å²) in [6, 6.07) is 3.99. The Morgan fingerprint density at radius 1 is 1.47 bits per heavy atom. The topological polar surface area (TPSA) is 43.1 Å². The Morgan fingerprint density at radius 3 is 2.73 bits per heavy atom. The molecule has 2 N–H and O–H groups in total. The Bertz CT molecular complexity index is 366. The van der Waals surface area contributed by atoms with Crippen LogP contribution in [-0.2, 0) is 10.8 Å². The van der Waals surface area contributed by atoms with Gasteiger partial charge in [-0.1, -0.05) is 13.8 Å². The molecule has 0 radical (unpaired) electrons. The minimum absolute atomic E-state index is 0.392. The summed E-state index contributed by atoms with van der Waals surface area (Å²) in [5.41, 5.74) is 6.04. The van der Waals surface area contributed by atoms with E-state index in [2.05, 4.69) is 13.8 Å². The van der Waals surface area contributed by atoms with Crippen molar-refractivity contribution in [2.45, 2.75) is 25.2 Å². The van der Waals surface area contributed by atoms with Gasteiger partial charge in [0.25, 0.3) is 0 Å². The molecule has 2 nitrogen and oxygen atoms in total. The number of benzene rings is 1. The minimum Gasteiger partial charge on any atom is -0.398 e. The van der Waals surface area contributed by atoms with Crippen LogP contribution in [0.3, 0.4) is 0 Å². The highest BCUT2D eigenvalue weighted by molar-refractivity contribution is 7.85. The van der Waals surface area contributed by atoms with E-state index in [1.165, 1.54) is 18.2 Å². The van der Waals surface area contributed by atoms with Crippen LogP contribution in [0, 0.1) is 11.7 Å². The van der Waals surface area contributed by atoms with Gasteiger partial charge < -0.3 is 5.73 Å². The summed E-state index contributed by atoms with van der Waals surface area (Å²) in [7, 11) is -1.19. The van der Waals surface area contributed by atoms with Crippen molar-refractivity contribution in [1.29, 1.82) is 0 Å². The summed E-state index contributed by atoms with van der Waals surface area (Å²) < 4.78 is 24.7. The van der Waals surface area contributed by atoms with Gasteiger partial charge in [0.15, 0.2) is 0 Å². The van der Waals surface area contributed by atoms with Crippen molar-refractivity contribution in [2.75, 3.05) is 11.5 Å². The molecule has 1 atom stereocenters. The van der Waals surface area contributed by atoms with Crippen LogP contribution in [0.4, 0.5) is 10.1 Å². The first-order valence-electron chi connectivity index (χ1n) is 4.94. The predicted octanol–water partition coefficient (Wildman–Crippen LogP) is 2.56. The lowest BCUT2D eigenvalue weighted by molar-refractivity contribution is 0.615. The van der Waals surface area contributed by atoms with Crippen LogP contribution in [0.2, 0.25) is 0 Å². The molecule has 1 aromatic rings. The molecule has 0 bridgehead atoms. The van der Waals surface area contributed by atoms with Crippen LogP contribution in [0.15, 0.2) is 23.1 Å². The third-order valence-corrected chi connectivity index (χ3v) is 3.55. The Kier molecular flexibility index (Phi) is 4.27. The smallest absolute Gasteiger partial charge is 0.124 e. The van der Waals surface area contributed by atoms with Gasteiger partial charge in [-0.3, -0.25) is 4.21 Å². The van der Waals surface area contributed by atoms with Crippen molar-refractivity contribution >= 4 is 16.5 Å². The van der Waals surface area contributed by atoms with Crippen LogP contribution < -0.4 is 5.73 Å². The van der Waals surface area contributed by atoms with Crippen molar-refractivity contribution < 1.29 is 8.60 Å². The number of rotatable bonds is 4. The summed E-state index contributed by atoms with van der Waals surface area (Å²) in [5.74, 6) is 0.631. The first-order valence-corrected chi connectivity index (χ1v) is 6.26. The average Bonchev–Trinajstić information content (AvgIpc) is 2.18. The highest BCUT2D eigenvalue weighted by Crippen LogP contribution is 2.19. The quantitative estimate of drug-likeness (QED) is 0.806. The molecule has 1 unspecified atom stereocenters. The standard InChI is InChI=1S/C11H16FNOS/c1-8(2)5-6-15(14)11-7-9(12)3-4-10(11)13/h3-4,7-8H,5-6,13H2,1-2H3. The lowest BCUT2D eigenvalue weighted by atomic mass is 10.2. The zero-order chi connectivity index (χ0) is 11.4. The minimum atomic E-state index is -1.19. The van der Waals surface area contributed by atoms with Crippen LogP contribution in [-0.4, -0.2) is 9.96 Å². The van der Waals surface area contributed by atoms with E-state index >= 15 is 0 Å². The molecule has 0 amide bonds. The lowest BCUT2D eigenvalue weighted by Crippen LogP contribution is -2.05. The van der Waals surface area contributed by atoms with E-state index < -0.39 is 16.6 Å². The number of nitrogens with two attached hydrogens (primary N) is 1. The van der Waals surface area contributed by atoms with Gasteiger partial charge in [-0.2, -0.15) is 0 Å². The maximum atomic E-state index is 12.9. The molecule has 15 heavy (non-hydrogen) atoms. The molecule has 0 aliphatic heterocycles. The van der Waals surface area contributed by atoms with Gasteiger partial charge in [-0.15, -0.1) is 0 Å². The Balaban J connectivity index is 2.77. The van der Waals surface area contributed by atoms with E-state index in [1.54, 1.807) is 0 Å². The molecule has 1 rings (SSSR count). The lowest BCUT2D eigenvalue weighted by Gasteiger charge is -2.07. The second-order valence-electron chi connectivity index (χ2n) is 3.91. The van der Waals surface area contributed by atoms with E-state index in [1.807, 2.05) is 0 Å². The number of hydrogen-bond acceptors (Lipinski definition) is 2. The predicted molar refractivity (Wildman–Crippen MR) is 61.5 cm³/mol. The van der Waals surface area contributed by atoms with E-state index in [0.29, 0.717) is 22.3 Å². The fourth-order valence-electron chi connectivity index (χ4n) is 1.16. The molecule has 0 spiro atoms. The number of nitrogen functional groups attached to an aromatic ring is 1. The summed E-state index contributed by atoms with van der Waals surface area (Å²) in [6.45, 7) is 4.12. The molecule has 0 aromatic heterocycles. The van der Waals surface area contributed by atoms with E-state index in [4.69, 9.17) is 5.73 Å². The van der Waals surface area contributed by atoms with Crippen molar-refractivity contribution in [3.05, 3.63) is 24.0 Å². The maximum absolute atomic E-state index is 12.9. The summed E-state index contributed by atoms with van der Waals surface area (Å²) in [4.78, 5) is 0.413. The molecule has 0 saturated carbocycles. The van der Waals surface area contributed by atoms with Crippen LogP contribution in [0.1, 0.15) is 20.3 Å². The van der Waals surface area contributed by atoms with Crippen LogP contribution >= 0.6 is 0 Å². The SMILES string of the molecule is CC(C)CCS(=O)c1cc(F)ccc1N. The molecular weight excluding hydrogens is 213 g/mol. The van der Waals surface area contributed by atoms with Crippen molar-refractivity contribution in [1.82, 2.24) is 0 Å². The zero-order valence-corrected chi connectivity index (χ0v) is 9.81. The molecule has 0 fully saturated rings. The Morgan fingerprint density at radius 2 is 2.13 bits per heavy atom. The fourth-order valence-corrected chi connectivity index (χ4v) is 2.64. The second kappa shape index (κ2) is 5.26. The first-order chi connectivity index (χ1) is 7.00. The van der Waals surface area contributed by atoms with E-state index in [0.717, 1.165) is 6.42 Å². The molecule has 0 heterocycles. The second-order valence-corrected chi connectivity index (χ2v) is 5.45. The number of halogens is 1. The molecule has 0 aliphatic carbocycles. The number of hydrogen-bond donors (Lipinski definition) is 1. The average molecular weight is 229 g/mol. The largest absolute Gasteiger partial charge is 0.398 e. The Labute approximate surface area is 92.1 Å². The van der Waals surface area contributed by atoms with Gasteiger partial charge >= 0.3 is 0 Å². The molecule has 0 saturated heterocycles. The van der Waals surface area contributed by atoms with Gasteiger partial charge in [0.1, 0.15) is 5.82 Å². The molecule has 1 aromatic carbocycles. The maximum Gasteiger partial charge on any atom is 0.124 e. The Hall–Kier alpha value is -0.900. The van der Waals surface area contributed by atoms with Gasteiger partial charge in [0, 0.05) is 11.4 Å². The van der Waals surface area contributed by atoms with Crippen molar-refractivity contribution in [2.24, 2.45) is 5.92 Å². The fraction of sp³-hybridized carbons (Fsp3) is 0.455. The molecule has 4 heteroatoms. The van der Waals surface area contributed by atoms with Gasteiger partial charge in [-0.25, -0.2) is 4.39 Å². The summed E-state index contributed by atoms with van der Waals surface area (Å²) in [6.07, 6.45) is 0.850. The van der Waals surface area contributed by atoms with E-state index in [9.17, 15) is 8.60 Å². The third-order valence-electron chi connectivity index (χ3n) is 2.10.